The van der Waals surface area contributed by atoms with Crippen molar-refractivity contribution in [3.05, 3.63) is 63.7 Å². The number of rotatable bonds is 3. The molecule has 2 aromatic carbocycles. The number of carbonyl (C=O) groups excluding carboxylic acids is 3. The Kier molecular flexibility index (Phi) is 4.95. The van der Waals surface area contributed by atoms with Gasteiger partial charge in [0.1, 0.15) is 16.9 Å². The highest BCUT2D eigenvalue weighted by atomic mass is 79.9. The van der Waals surface area contributed by atoms with Crippen LogP contribution in [-0.4, -0.2) is 30.2 Å². The molecule has 1 aliphatic carbocycles. The Hall–Kier alpha value is -2.47. The van der Waals surface area contributed by atoms with Gasteiger partial charge in [0.15, 0.2) is 11.6 Å². The summed E-state index contributed by atoms with van der Waals surface area (Å²) in [6, 6.07) is 8.12. The Bertz CT molecular complexity index is 969. The van der Waals surface area contributed by atoms with Crippen LogP contribution in [0.25, 0.3) is 0 Å². The number of benzene rings is 2. The Morgan fingerprint density at radius 2 is 1.63 bits per heavy atom. The molecule has 0 unspecified atom stereocenters. The molecule has 5 nitrogen and oxygen atoms in total. The number of fused-ring (bicyclic) bond motifs is 2. The Labute approximate surface area is 165 Å². The van der Waals surface area contributed by atoms with Crippen molar-refractivity contribution in [2.24, 2.45) is 0 Å². The summed E-state index contributed by atoms with van der Waals surface area (Å²) < 4.78 is 10.9. The van der Waals surface area contributed by atoms with E-state index in [0.717, 1.165) is 0 Å². The van der Waals surface area contributed by atoms with E-state index in [9.17, 15) is 14.4 Å². The number of hydrogen-bond acceptors (Lipinski definition) is 5. The number of hydrogen-bond donors (Lipinski definition) is 0. The molecule has 0 saturated heterocycles. The number of methoxy groups -OCH3 is 1. The van der Waals surface area contributed by atoms with Crippen molar-refractivity contribution in [2.75, 3.05) is 7.11 Å². The molecule has 27 heavy (non-hydrogen) atoms. The van der Waals surface area contributed by atoms with E-state index in [1.807, 2.05) is 0 Å². The van der Waals surface area contributed by atoms with Crippen LogP contribution in [-0.2, 0) is 10.1 Å². The number of esters is 1. The van der Waals surface area contributed by atoms with Crippen LogP contribution in [0, 0.1) is 0 Å². The molecule has 140 valence electrons. The van der Waals surface area contributed by atoms with Gasteiger partial charge in [0.05, 0.1) is 7.11 Å². The van der Waals surface area contributed by atoms with Crippen LogP contribution in [0.3, 0.4) is 0 Å². The molecule has 6 heteroatoms. The third-order valence-corrected chi connectivity index (χ3v) is 4.80. The first kappa shape index (κ1) is 19.3. The summed E-state index contributed by atoms with van der Waals surface area (Å²) >= 11 is 3.36. The lowest BCUT2D eigenvalue weighted by Gasteiger charge is -2.25. The molecule has 0 fully saturated rings. The molecule has 0 bridgehead atoms. The minimum Gasteiger partial charge on any atom is -0.496 e. The van der Waals surface area contributed by atoms with Gasteiger partial charge in [-0.05, 0) is 32.4 Å². The van der Waals surface area contributed by atoms with Crippen LogP contribution >= 0.6 is 15.9 Å². The van der Waals surface area contributed by atoms with E-state index in [0.29, 0.717) is 16.7 Å². The lowest BCUT2D eigenvalue weighted by Crippen LogP contribution is -2.28. The Morgan fingerprint density at radius 3 is 2.15 bits per heavy atom. The van der Waals surface area contributed by atoms with Crippen molar-refractivity contribution in [3.63, 3.8) is 0 Å². The lowest BCUT2D eigenvalue weighted by atomic mass is 9.80. The van der Waals surface area contributed by atoms with Gasteiger partial charge < -0.3 is 9.47 Å². The molecule has 2 aromatic rings. The fraction of sp³-hybridized carbons (Fsp3) is 0.286. The second kappa shape index (κ2) is 6.93. The van der Waals surface area contributed by atoms with Gasteiger partial charge in [-0.1, -0.05) is 40.2 Å². The minimum atomic E-state index is -0.714. The standard InChI is InChI=1S/C21H19BrO5/c1-21(2,3)27-20(25)17-14(10-22)16-13(9-15(17)26-4)18(23)11-7-5-6-8-12(11)19(16)24/h5-9H,10H2,1-4H3. The highest BCUT2D eigenvalue weighted by Gasteiger charge is 2.36. The van der Waals surface area contributed by atoms with E-state index in [2.05, 4.69) is 15.9 Å². The van der Waals surface area contributed by atoms with Crippen molar-refractivity contribution >= 4 is 33.5 Å². The summed E-state index contributed by atoms with van der Waals surface area (Å²) in [5, 5.41) is 0.197. The van der Waals surface area contributed by atoms with Crippen LogP contribution in [0.5, 0.6) is 5.75 Å². The maximum Gasteiger partial charge on any atom is 0.342 e. The predicted molar refractivity (Wildman–Crippen MR) is 104 cm³/mol. The van der Waals surface area contributed by atoms with Gasteiger partial charge >= 0.3 is 5.97 Å². The van der Waals surface area contributed by atoms with Crippen molar-refractivity contribution in [2.45, 2.75) is 31.7 Å². The topological polar surface area (TPSA) is 69.7 Å². The molecule has 0 radical (unpaired) electrons. The molecular formula is C21H19BrO5. The van der Waals surface area contributed by atoms with Crippen LogP contribution in [0.2, 0.25) is 0 Å². The van der Waals surface area contributed by atoms with E-state index < -0.39 is 11.6 Å². The molecule has 1 aliphatic rings. The van der Waals surface area contributed by atoms with Crippen LogP contribution in [0.4, 0.5) is 0 Å². The number of ether oxygens (including phenoxy) is 2. The first-order valence-electron chi connectivity index (χ1n) is 8.41. The summed E-state index contributed by atoms with van der Waals surface area (Å²) in [6.45, 7) is 5.28. The van der Waals surface area contributed by atoms with Crippen LogP contribution < -0.4 is 4.74 Å². The average molecular weight is 431 g/mol. The maximum absolute atomic E-state index is 13.1. The molecule has 0 heterocycles. The first-order valence-corrected chi connectivity index (χ1v) is 9.53. The monoisotopic (exact) mass is 430 g/mol. The van der Waals surface area contributed by atoms with Gasteiger partial charge in [0.2, 0.25) is 0 Å². The van der Waals surface area contributed by atoms with Gasteiger partial charge in [-0.3, -0.25) is 9.59 Å². The van der Waals surface area contributed by atoms with Gasteiger partial charge in [0, 0.05) is 27.6 Å². The summed E-state index contributed by atoms with van der Waals surface area (Å²) in [7, 11) is 1.41. The van der Waals surface area contributed by atoms with Crippen molar-refractivity contribution in [1.82, 2.24) is 0 Å². The van der Waals surface area contributed by atoms with Gasteiger partial charge in [-0.25, -0.2) is 4.79 Å². The van der Waals surface area contributed by atoms with E-state index in [1.165, 1.54) is 13.2 Å². The number of carbonyl (C=O) groups is 3. The number of ketones is 2. The quantitative estimate of drug-likeness (QED) is 0.457. The molecule has 3 rings (SSSR count). The fourth-order valence-corrected chi connectivity index (χ4v) is 3.72. The smallest absolute Gasteiger partial charge is 0.342 e. The lowest BCUT2D eigenvalue weighted by molar-refractivity contribution is 0.00654. The third-order valence-electron chi connectivity index (χ3n) is 4.24. The zero-order valence-electron chi connectivity index (χ0n) is 15.5. The minimum absolute atomic E-state index is 0.156. The van der Waals surface area contributed by atoms with E-state index in [4.69, 9.17) is 9.47 Å². The summed E-state index contributed by atoms with van der Waals surface area (Å²) in [4.78, 5) is 38.9. The zero-order valence-corrected chi connectivity index (χ0v) is 17.1. The van der Waals surface area contributed by atoms with Crippen LogP contribution in [0.1, 0.15) is 68.5 Å². The zero-order chi connectivity index (χ0) is 19.9. The fourth-order valence-electron chi connectivity index (χ4n) is 3.16. The number of halogens is 1. The van der Waals surface area contributed by atoms with Crippen molar-refractivity contribution in [1.29, 1.82) is 0 Å². The Balaban J connectivity index is 2.29. The SMILES string of the molecule is COc1cc2c(c(CBr)c1C(=O)OC(C)(C)C)C(=O)c1ccccc1C2=O. The largest absolute Gasteiger partial charge is 0.496 e. The van der Waals surface area contributed by atoms with Crippen molar-refractivity contribution in [3.8, 4) is 5.75 Å². The molecular weight excluding hydrogens is 412 g/mol. The summed E-state index contributed by atoms with van der Waals surface area (Å²) in [6.07, 6.45) is 0. The number of alkyl halides is 1. The molecule has 0 saturated carbocycles. The highest BCUT2D eigenvalue weighted by molar-refractivity contribution is 9.08. The average Bonchev–Trinajstić information content (AvgIpc) is 2.62. The molecule has 0 aliphatic heterocycles. The van der Waals surface area contributed by atoms with Crippen LogP contribution in [0.15, 0.2) is 30.3 Å². The molecule has 0 amide bonds. The van der Waals surface area contributed by atoms with E-state index in [-0.39, 0.29) is 39.3 Å². The highest BCUT2D eigenvalue weighted by Crippen LogP contribution is 2.37. The van der Waals surface area contributed by atoms with Crippen molar-refractivity contribution < 1.29 is 23.9 Å². The van der Waals surface area contributed by atoms with Gasteiger partial charge in [0.25, 0.3) is 0 Å². The van der Waals surface area contributed by atoms with E-state index in [1.54, 1.807) is 45.0 Å². The second-order valence-corrected chi connectivity index (χ2v) is 7.76. The predicted octanol–water partition coefficient (Wildman–Crippen LogP) is 4.32. The third kappa shape index (κ3) is 3.30. The summed E-state index contributed by atoms with van der Waals surface area (Å²) in [5.74, 6) is -0.952. The molecule has 0 aromatic heterocycles. The molecule has 0 N–H and O–H groups in total. The van der Waals surface area contributed by atoms with E-state index >= 15 is 0 Å². The normalized spacial score (nSPS) is 13.1. The Morgan fingerprint density at radius 1 is 1.04 bits per heavy atom. The van der Waals surface area contributed by atoms with Gasteiger partial charge in [-0.15, -0.1) is 0 Å². The molecule has 0 spiro atoms. The van der Waals surface area contributed by atoms with Gasteiger partial charge in [-0.2, -0.15) is 0 Å². The summed E-state index contributed by atoms with van der Waals surface area (Å²) in [5.41, 5.74) is 0.971. The first-order chi connectivity index (χ1) is 12.7. The molecule has 0 atom stereocenters. The second-order valence-electron chi connectivity index (χ2n) is 7.19. The maximum atomic E-state index is 13.1.